The largest absolute Gasteiger partial charge is 0.420 e. The second kappa shape index (κ2) is 6.44. The minimum Gasteiger partial charge on any atom is -0.420 e. The van der Waals surface area contributed by atoms with E-state index in [2.05, 4.69) is 14.9 Å². The molecule has 0 atom stereocenters. The summed E-state index contributed by atoms with van der Waals surface area (Å²) in [6.07, 6.45) is 3.31. The Kier molecular flexibility index (Phi) is 4.26. The molecule has 0 radical (unpaired) electrons. The molecule has 1 aromatic carbocycles. The number of sulfonamides is 1. The van der Waals surface area contributed by atoms with Crippen molar-refractivity contribution in [3.05, 3.63) is 47.3 Å². The van der Waals surface area contributed by atoms with Crippen LogP contribution in [0.2, 0.25) is 5.02 Å². The van der Waals surface area contributed by atoms with Crippen LogP contribution in [0.1, 0.15) is 31.1 Å². The lowest BCUT2D eigenvalue weighted by Gasteiger charge is -2.20. The molecule has 2 heterocycles. The Morgan fingerprint density at radius 2 is 2.04 bits per heavy atom. The molecule has 3 aromatic rings. The highest BCUT2D eigenvalue weighted by Gasteiger charge is 2.26. The minimum absolute atomic E-state index is 0.172. The Hall–Kier alpha value is -1.90. The van der Waals surface area contributed by atoms with E-state index >= 15 is 0 Å². The predicted molar refractivity (Wildman–Crippen MR) is 96.5 cm³/mol. The van der Waals surface area contributed by atoms with Gasteiger partial charge in [0.1, 0.15) is 4.21 Å². The Bertz CT molecular complexity index is 1010. The standard InChI is InChI=1S/C16H14ClN3O3S2/c17-11-5-2-6-12(9-11)20-25(21,22)14-8-7-13(24-14)16-19-18-15(23-16)10-3-1-4-10/h2,5-10,20H,1,3-4H2. The number of benzene rings is 1. The molecule has 0 amide bonds. The van der Waals surface area contributed by atoms with Crippen LogP contribution >= 0.6 is 22.9 Å². The first-order valence-corrected chi connectivity index (χ1v) is 10.4. The van der Waals surface area contributed by atoms with Crippen LogP contribution < -0.4 is 4.72 Å². The molecule has 0 spiro atoms. The van der Waals surface area contributed by atoms with Crippen molar-refractivity contribution in [3.63, 3.8) is 0 Å². The van der Waals surface area contributed by atoms with Gasteiger partial charge in [-0.15, -0.1) is 21.5 Å². The molecule has 1 saturated carbocycles. The summed E-state index contributed by atoms with van der Waals surface area (Å²) in [5, 5.41) is 8.57. The summed E-state index contributed by atoms with van der Waals surface area (Å²) < 4.78 is 33.4. The number of nitrogens with zero attached hydrogens (tertiary/aromatic N) is 2. The Morgan fingerprint density at radius 3 is 2.76 bits per heavy atom. The molecule has 1 fully saturated rings. The van der Waals surface area contributed by atoms with Crippen LogP contribution in [-0.4, -0.2) is 18.6 Å². The maximum absolute atomic E-state index is 12.5. The molecule has 1 aliphatic carbocycles. The van der Waals surface area contributed by atoms with Gasteiger partial charge in [-0.1, -0.05) is 24.1 Å². The van der Waals surface area contributed by atoms with E-state index < -0.39 is 10.0 Å². The lowest BCUT2D eigenvalue weighted by molar-refractivity contribution is 0.338. The molecule has 130 valence electrons. The van der Waals surface area contributed by atoms with Crippen molar-refractivity contribution in [3.8, 4) is 10.8 Å². The second-order valence-electron chi connectivity index (χ2n) is 5.81. The maximum atomic E-state index is 12.5. The van der Waals surface area contributed by atoms with Gasteiger partial charge in [-0.25, -0.2) is 8.42 Å². The Morgan fingerprint density at radius 1 is 1.20 bits per heavy atom. The Balaban J connectivity index is 1.56. The molecule has 0 aliphatic heterocycles. The van der Waals surface area contributed by atoms with Crippen molar-refractivity contribution < 1.29 is 12.8 Å². The van der Waals surface area contributed by atoms with Crippen molar-refractivity contribution in [2.45, 2.75) is 29.4 Å². The van der Waals surface area contributed by atoms with Gasteiger partial charge < -0.3 is 4.42 Å². The molecule has 6 nitrogen and oxygen atoms in total. The van der Waals surface area contributed by atoms with Crippen molar-refractivity contribution >= 4 is 38.6 Å². The third-order valence-corrected chi connectivity index (χ3v) is 7.21. The van der Waals surface area contributed by atoms with E-state index in [9.17, 15) is 8.42 Å². The third kappa shape index (κ3) is 3.42. The normalized spacial score (nSPS) is 15.1. The summed E-state index contributed by atoms with van der Waals surface area (Å²) in [7, 11) is -3.70. The quantitative estimate of drug-likeness (QED) is 0.686. The zero-order valence-corrected chi connectivity index (χ0v) is 15.4. The van der Waals surface area contributed by atoms with Gasteiger partial charge in [0.25, 0.3) is 15.9 Å². The molecule has 0 saturated heterocycles. The first-order chi connectivity index (χ1) is 12.0. The van der Waals surface area contributed by atoms with Crippen molar-refractivity contribution in [2.75, 3.05) is 4.72 Å². The number of hydrogen-bond acceptors (Lipinski definition) is 6. The maximum Gasteiger partial charge on any atom is 0.271 e. The number of aromatic nitrogens is 2. The van der Waals surface area contributed by atoms with Gasteiger partial charge in [0.2, 0.25) is 5.89 Å². The molecule has 1 N–H and O–H groups in total. The summed E-state index contributed by atoms with van der Waals surface area (Å²) >= 11 is 6.98. The van der Waals surface area contributed by atoms with E-state index in [1.165, 1.54) is 12.5 Å². The number of anilines is 1. The van der Waals surface area contributed by atoms with Gasteiger partial charge in [0.15, 0.2) is 0 Å². The highest BCUT2D eigenvalue weighted by molar-refractivity contribution is 7.94. The second-order valence-corrected chi connectivity index (χ2v) is 9.24. The topological polar surface area (TPSA) is 85.1 Å². The van der Waals surface area contributed by atoms with Crippen molar-refractivity contribution in [1.29, 1.82) is 0 Å². The highest BCUT2D eigenvalue weighted by Crippen LogP contribution is 2.38. The monoisotopic (exact) mass is 395 g/mol. The van der Waals surface area contributed by atoms with Crippen molar-refractivity contribution in [2.24, 2.45) is 0 Å². The smallest absolute Gasteiger partial charge is 0.271 e. The fourth-order valence-corrected chi connectivity index (χ4v) is 4.96. The average molecular weight is 396 g/mol. The number of halogens is 1. The van der Waals surface area contributed by atoms with E-state index in [0.717, 1.165) is 24.2 Å². The zero-order valence-electron chi connectivity index (χ0n) is 13.0. The van der Waals surface area contributed by atoms with Gasteiger partial charge in [0.05, 0.1) is 10.6 Å². The molecule has 4 rings (SSSR count). The molecule has 1 aliphatic rings. The van der Waals surface area contributed by atoms with Gasteiger partial charge in [-0.2, -0.15) is 0 Å². The number of nitrogens with one attached hydrogen (secondary N) is 1. The molecular weight excluding hydrogens is 382 g/mol. The van der Waals surface area contributed by atoms with Crippen LogP contribution in [0.3, 0.4) is 0 Å². The lowest BCUT2D eigenvalue weighted by Crippen LogP contribution is -2.11. The summed E-state index contributed by atoms with van der Waals surface area (Å²) in [6.45, 7) is 0. The number of thiophene rings is 1. The van der Waals surface area contributed by atoms with E-state index in [4.69, 9.17) is 16.0 Å². The first kappa shape index (κ1) is 16.6. The average Bonchev–Trinajstić information content (AvgIpc) is 3.13. The van der Waals surface area contributed by atoms with E-state index in [1.807, 2.05) is 0 Å². The fraction of sp³-hybridized carbons (Fsp3) is 0.250. The Labute approximate surface area is 153 Å². The fourth-order valence-electron chi connectivity index (χ4n) is 2.49. The first-order valence-electron chi connectivity index (χ1n) is 7.73. The summed E-state index contributed by atoms with van der Waals surface area (Å²) in [5.74, 6) is 1.33. The van der Waals surface area contributed by atoms with Crippen molar-refractivity contribution in [1.82, 2.24) is 10.2 Å². The molecule has 9 heteroatoms. The zero-order chi connectivity index (χ0) is 17.4. The van der Waals surface area contributed by atoms with Crippen LogP contribution in [0, 0.1) is 0 Å². The summed E-state index contributed by atoms with van der Waals surface area (Å²) in [5.41, 5.74) is 0.410. The van der Waals surface area contributed by atoms with Crippen LogP contribution in [0.5, 0.6) is 0 Å². The van der Waals surface area contributed by atoms with Gasteiger partial charge in [0, 0.05) is 10.9 Å². The van der Waals surface area contributed by atoms with Gasteiger partial charge in [-0.3, -0.25) is 4.72 Å². The van der Waals surface area contributed by atoms with E-state index in [-0.39, 0.29) is 4.21 Å². The SMILES string of the molecule is O=S(=O)(Nc1cccc(Cl)c1)c1ccc(-c2nnc(C3CCC3)o2)s1. The van der Waals surface area contributed by atoms with Gasteiger partial charge >= 0.3 is 0 Å². The minimum atomic E-state index is -3.70. The molecule has 0 bridgehead atoms. The van der Waals surface area contributed by atoms with E-state index in [0.29, 0.717) is 33.3 Å². The number of rotatable bonds is 5. The number of hydrogen-bond donors (Lipinski definition) is 1. The van der Waals surface area contributed by atoms with Crippen LogP contribution in [-0.2, 0) is 10.0 Å². The summed E-state index contributed by atoms with van der Waals surface area (Å²) in [6, 6.07) is 9.76. The van der Waals surface area contributed by atoms with Crippen LogP contribution in [0.15, 0.2) is 45.0 Å². The predicted octanol–water partition coefficient (Wildman–Crippen LogP) is 4.52. The lowest BCUT2D eigenvalue weighted by atomic mass is 9.85. The third-order valence-electron chi connectivity index (χ3n) is 4.03. The summed E-state index contributed by atoms with van der Waals surface area (Å²) in [4.78, 5) is 0.629. The van der Waals surface area contributed by atoms with Crippen LogP contribution in [0.25, 0.3) is 10.8 Å². The van der Waals surface area contributed by atoms with Crippen LogP contribution in [0.4, 0.5) is 5.69 Å². The molecule has 0 unspecified atom stereocenters. The molecular formula is C16H14ClN3O3S2. The van der Waals surface area contributed by atoms with E-state index in [1.54, 1.807) is 30.3 Å². The highest BCUT2D eigenvalue weighted by atomic mass is 35.5. The van der Waals surface area contributed by atoms with Gasteiger partial charge in [-0.05, 0) is 43.2 Å². The molecule has 2 aromatic heterocycles. The molecule has 25 heavy (non-hydrogen) atoms.